The zero-order chi connectivity index (χ0) is 20.9. The van der Waals surface area contributed by atoms with Crippen LogP contribution in [0.2, 0.25) is 0 Å². The van der Waals surface area contributed by atoms with Crippen molar-refractivity contribution in [3.63, 3.8) is 0 Å². The van der Waals surface area contributed by atoms with Crippen LogP contribution in [-0.4, -0.2) is 14.3 Å². The van der Waals surface area contributed by atoms with Gasteiger partial charge in [-0.3, -0.25) is 4.79 Å². The summed E-state index contributed by atoms with van der Waals surface area (Å²) in [7, 11) is -3.77. The van der Waals surface area contributed by atoms with Crippen LogP contribution in [0.1, 0.15) is 27.0 Å². The van der Waals surface area contributed by atoms with Crippen LogP contribution in [0.5, 0.6) is 0 Å². The molecule has 5 nitrogen and oxygen atoms in total. The molecular weight excluding hydrogens is 391 g/mol. The molecule has 0 aliphatic rings. The fourth-order valence-corrected chi connectivity index (χ4v) is 3.79. The van der Waals surface area contributed by atoms with E-state index in [0.717, 1.165) is 11.1 Å². The first-order chi connectivity index (χ1) is 13.8. The van der Waals surface area contributed by atoms with E-state index in [9.17, 15) is 17.6 Å². The van der Waals surface area contributed by atoms with Gasteiger partial charge in [0.05, 0.1) is 4.90 Å². The molecule has 0 atom stereocenters. The van der Waals surface area contributed by atoms with Gasteiger partial charge in [-0.1, -0.05) is 48.5 Å². The van der Waals surface area contributed by atoms with Crippen molar-refractivity contribution in [3.8, 4) is 0 Å². The summed E-state index contributed by atoms with van der Waals surface area (Å²) in [5.41, 5.74) is 2.50. The highest BCUT2D eigenvalue weighted by Gasteiger charge is 2.18. The lowest BCUT2D eigenvalue weighted by molar-refractivity contribution is 0.0950. The highest BCUT2D eigenvalue weighted by Crippen LogP contribution is 2.16. The number of rotatable bonds is 7. The fourth-order valence-electron chi connectivity index (χ4n) is 2.75. The summed E-state index contributed by atoms with van der Waals surface area (Å²) in [5.74, 6) is -0.747. The molecule has 0 fully saturated rings. The normalized spacial score (nSPS) is 11.2. The van der Waals surface area contributed by atoms with Gasteiger partial charge in [0.15, 0.2) is 0 Å². The number of carbonyl (C=O) groups is 1. The van der Waals surface area contributed by atoms with Crippen molar-refractivity contribution in [1.29, 1.82) is 0 Å². The number of carbonyl (C=O) groups excluding carboxylic acids is 1. The average molecular weight is 412 g/mol. The monoisotopic (exact) mass is 412 g/mol. The Labute approximate surface area is 169 Å². The first-order valence-corrected chi connectivity index (χ1v) is 10.5. The Morgan fingerprint density at radius 1 is 0.897 bits per heavy atom. The van der Waals surface area contributed by atoms with Crippen LogP contribution >= 0.6 is 0 Å². The quantitative estimate of drug-likeness (QED) is 0.623. The van der Waals surface area contributed by atoms with Gasteiger partial charge in [-0.05, 0) is 47.9 Å². The maximum absolute atomic E-state index is 13.0. The van der Waals surface area contributed by atoms with Crippen molar-refractivity contribution in [3.05, 3.63) is 101 Å². The van der Waals surface area contributed by atoms with Crippen molar-refractivity contribution in [2.24, 2.45) is 0 Å². The van der Waals surface area contributed by atoms with Crippen LogP contribution in [0.4, 0.5) is 4.39 Å². The summed E-state index contributed by atoms with van der Waals surface area (Å²) >= 11 is 0. The lowest BCUT2D eigenvalue weighted by Crippen LogP contribution is -2.26. The second kappa shape index (κ2) is 8.98. The molecule has 0 aliphatic carbocycles. The van der Waals surface area contributed by atoms with E-state index in [1.165, 1.54) is 24.3 Å². The summed E-state index contributed by atoms with van der Waals surface area (Å²) in [6.07, 6.45) is 0. The van der Waals surface area contributed by atoms with Crippen molar-refractivity contribution in [2.75, 3.05) is 0 Å². The summed E-state index contributed by atoms with van der Waals surface area (Å²) < 4.78 is 40.8. The van der Waals surface area contributed by atoms with E-state index in [4.69, 9.17) is 0 Å². The van der Waals surface area contributed by atoms with E-state index in [0.29, 0.717) is 5.56 Å². The Balaban J connectivity index is 1.72. The molecule has 2 N–H and O–H groups in total. The molecule has 0 saturated carbocycles. The number of aryl methyl sites for hydroxylation is 1. The van der Waals surface area contributed by atoms with Crippen molar-refractivity contribution in [1.82, 2.24) is 10.0 Å². The van der Waals surface area contributed by atoms with Crippen LogP contribution in [0.25, 0.3) is 0 Å². The van der Waals surface area contributed by atoms with E-state index in [2.05, 4.69) is 10.0 Å². The van der Waals surface area contributed by atoms with Gasteiger partial charge in [0.1, 0.15) is 5.82 Å². The third-order valence-electron chi connectivity index (χ3n) is 4.44. The van der Waals surface area contributed by atoms with E-state index in [1.54, 1.807) is 25.1 Å². The minimum Gasteiger partial charge on any atom is -0.348 e. The van der Waals surface area contributed by atoms with E-state index in [-0.39, 0.29) is 29.4 Å². The number of nitrogens with one attached hydrogen (secondary N) is 2. The SMILES string of the molecule is Cc1ccc(S(=O)(=O)NCc2ccccc2)cc1C(=O)NCc1ccc(F)cc1. The predicted molar refractivity (Wildman–Crippen MR) is 109 cm³/mol. The molecule has 29 heavy (non-hydrogen) atoms. The highest BCUT2D eigenvalue weighted by molar-refractivity contribution is 7.89. The topological polar surface area (TPSA) is 75.3 Å². The molecule has 0 aliphatic heterocycles. The Morgan fingerprint density at radius 2 is 1.55 bits per heavy atom. The standard InChI is InChI=1S/C22H21FN2O3S/c1-16-7-12-20(29(27,28)25-15-17-5-3-2-4-6-17)13-21(16)22(26)24-14-18-8-10-19(23)11-9-18/h2-13,25H,14-15H2,1H3,(H,24,26). The van der Waals surface area contributed by atoms with E-state index in [1.807, 2.05) is 30.3 Å². The van der Waals surface area contributed by atoms with E-state index < -0.39 is 15.9 Å². The molecule has 0 aromatic heterocycles. The largest absolute Gasteiger partial charge is 0.348 e. The number of hydrogen-bond acceptors (Lipinski definition) is 3. The van der Waals surface area contributed by atoms with Gasteiger partial charge in [0.2, 0.25) is 10.0 Å². The number of sulfonamides is 1. The van der Waals surface area contributed by atoms with Crippen molar-refractivity contribution < 1.29 is 17.6 Å². The smallest absolute Gasteiger partial charge is 0.251 e. The maximum atomic E-state index is 13.0. The molecule has 0 bridgehead atoms. The van der Waals surface area contributed by atoms with Gasteiger partial charge in [0, 0.05) is 18.7 Å². The van der Waals surface area contributed by atoms with Gasteiger partial charge < -0.3 is 5.32 Å². The first kappa shape index (κ1) is 20.7. The molecule has 7 heteroatoms. The maximum Gasteiger partial charge on any atom is 0.251 e. The fraction of sp³-hybridized carbons (Fsp3) is 0.136. The molecule has 0 heterocycles. The molecule has 1 amide bonds. The van der Waals surface area contributed by atoms with Gasteiger partial charge in [-0.25, -0.2) is 17.5 Å². The third-order valence-corrected chi connectivity index (χ3v) is 5.84. The number of hydrogen-bond donors (Lipinski definition) is 2. The molecular formula is C22H21FN2O3S. The second-order valence-electron chi connectivity index (χ2n) is 6.60. The molecule has 3 aromatic carbocycles. The minimum atomic E-state index is -3.77. The van der Waals surface area contributed by atoms with Crippen LogP contribution in [-0.2, 0) is 23.1 Å². The van der Waals surface area contributed by atoms with Gasteiger partial charge >= 0.3 is 0 Å². The third kappa shape index (κ3) is 5.49. The lowest BCUT2D eigenvalue weighted by atomic mass is 10.1. The van der Waals surface area contributed by atoms with Crippen molar-refractivity contribution >= 4 is 15.9 Å². The number of amides is 1. The van der Waals surface area contributed by atoms with Gasteiger partial charge in [-0.2, -0.15) is 0 Å². The van der Waals surface area contributed by atoms with Crippen LogP contribution in [0.15, 0.2) is 77.7 Å². The molecule has 0 unspecified atom stereocenters. The molecule has 0 spiro atoms. The Hall–Kier alpha value is -3.03. The predicted octanol–water partition coefficient (Wildman–Crippen LogP) is 3.54. The second-order valence-corrected chi connectivity index (χ2v) is 8.36. The molecule has 3 aromatic rings. The molecule has 150 valence electrons. The van der Waals surface area contributed by atoms with Crippen LogP contribution in [0.3, 0.4) is 0 Å². The summed E-state index contributed by atoms with van der Waals surface area (Å²) in [6.45, 7) is 2.10. The molecule has 0 radical (unpaired) electrons. The van der Waals surface area contributed by atoms with E-state index >= 15 is 0 Å². The Bertz CT molecular complexity index is 1100. The van der Waals surface area contributed by atoms with Gasteiger partial charge in [-0.15, -0.1) is 0 Å². The highest BCUT2D eigenvalue weighted by atomic mass is 32.2. The van der Waals surface area contributed by atoms with Crippen LogP contribution < -0.4 is 10.0 Å². The zero-order valence-electron chi connectivity index (χ0n) is 15.9. The number of halogens is 1. The van der Waals surface area contributed by atoms with Crippen molar-refractivity contribution in [2.45, 2.75) is 24.9 Å². The zero-order valence-corrected chi connectivity index (χ0v) is 16.7. The summed E-state index contributed by atoms with van der Waals surface area (Å²) in [4.78, 5) is 12.6. The Kier molecular flexibility index (Phi) is 6.41. The first-order valence-electron chi connectivity index (χ1n) is 9.02. The summed E-state index contributed by atoms with van der Waals surface area (Å²) in [6, 6.07) is 19.4. The molecule has 0 saturated heterocycles. The van der Waals surface area contributed by atoms with Crippen LogP contribution in [0, 0.1) is 12.7 Å². The number of benzene rings is 3. The summed E-state index contributed by atoms with van der Waals surface area (Å²) in [5, 5.41) is 2.74. The lowest BCUT2D eigenvalue weighted by Gasteiger charge is -2.11. The minimum absolute atomic E-state index is 0.0194. The molecule has 3 rings (SSSR count). The van der Waals surface area contributed by atoms with Gasteiger partial charge in [0.25, 0.3) is 5.91 Å². The average Bonchev–Trinajstić information content (AvgIpc) is 2.72. The Morgan fingerprint density at radius 3 is 2.24 bits per heavy atom.